The molecule has 0 radical (unpaired) electrons. The first kappa shape index (κ1) is 13.3. The molecule has 0 aromatic heterocycles. The molecule has 0 spiro atoms. The van der Waals surface area contributed by atoms with Gasteiger partial charge in [0.1, 0.15) is 0 Å². The van der Waals surface area contributed by atoms with Gasteiger partial charge in [-0.05, 0) is 19.3 Å². The Morgan fingerprint density at radius 1 is 1.28 bits per heavy atom. The third-order valence-corrected chi connectivity index (χ3v) is 3.65. The Balaban J connectivity index is 1.78. The lowest BCUT2D eigenvalue weighted by Crippen LogP contribution is -2.52. The number of nitrogens with one attached hydrogen (secondary N) is 2. The Hall–Kier alpha value is -1.14. The fraction of sp³-hybridized carbons (Fsp3) is 0.833. The summed E-state index contributed by atoms with van der Waals surface area (Å²) in [4.78, 5) is 25.3. The maximum Gasteiger partial charge on any atom is 0.311 e. The zero-order chi connectivity index (χ0) is 13.0. The zero-order valence-corrected chi connectivity index (χ0v) is 10.8. The van der Waals surface area contributed by atoms with E-state index in [0.717, 1.165) is 32.4 Å². The number of rotatable bonds is 2. The van der Waals surface area contributed by atoms with Crippen molar-refractivity contribution in [3.63, 3.8) is 0 Å². The highest BCUT2D eigenvalue weighted by atomic mass is 16.5. The lowest BCUT2D eigenvalue weighted by Gasteiger charge is -2.27. The second-order valence-electron chi connectivity index (χ2n) is 4.88. The van der Waals surface area contributed by atoms with Crippen LogP contribution in [-0.2, 0) is 14.3 Å². The number of hydrogen-bond donors (Lipinski definition) is 2. The van der Waals surface area contributed by atoms with Crippen molar-refractivity contribution in [3.8, 4) is 0 Å². The third-order valence-electron chi connectivity index (χ3n) is 3.65. The molecule has 0 aromatic carbocycles. The Bertz CT molecular complexity index is 316. The molecule has 2 amide bonds. The fourth-order valence-electron chi connectivity index (χ4n) is 2.54. The smallest absolute Gasteiger partial charge is 0.311 e. The maximum absolute atomic E-state index is 11.9. The van der Waals surface area contributed by atoms with Crippen molar-refractivity contribution < 1.29 is 14.3 Å². The van der Waals surface area contributed by atoms with Crippen LogP contribution in [0.15, 0.2) is 0 Å². The normalized spacial score (nSPS) is 28.2. The van der Waals surface area contributed by atoms with E-state index in [-0.39, 0.29) is 12.1 Å². The van der Waals surface area contributed by atoms with Crippen molar-refractivity contribution in [1.29, 1.82) is 0 Å². The van der Waals surface area contributed by atoms with Gasteiger partial charge in [-0.2, -0.15) is 0 Å². The van der Waals surface area contributed by atoms with Crippen molar-refractivity contribution in [2.45, 2.75) is 31.4 Å². The molecular weight excluding hydrogens is 234 g/mol. The number of piperazine rings is 1. The molecule has 2 fully saturated rings. The lowest BCUT2D eigenvalue weighted by molar-refractivity contribution is -0.146. The number of amides is 2. The van der Waals surface area contributed by atoms with Crippen LogP contribution in [0.3, 0.4) is 0 Å². The number of ether oxygens (including phenoxy) is 1. The topological polar surface area (TPSA) is 70.7 Å². The average Bonchev–Trinajstić information content (AvgIpc) is 2.86. The Kier molecular flexibility index (Phi) is 4.54. The van der Waals surface area contributed by atoms with Crippen LogP contribution >= 0.6 is 0 Å². The molecule has 2 atom stereocenters. The van der Waals surface area contributed by atoms with Crippen molar-refractivity contribution in [3.05, 3.63) is 0 Å². The summed E-state index contributed by atoms with van der Waals surface area (Å²) in [5.41, 5.74) is 0. The summed E-state index contributed by atoms with van der Waals surface area (Å²) >= 11 is 0. The van der Waals surface area contributed by atoms with Crippen LogP contribution in [0.2, 0.25) is 0 Å². The van der Waals surface area contributed by atoms with Gasteiger partial charge >= 0.3 is 11.8 Å². The van der Waals surface area contributed by atoms with E-state index >= 15 is 0 Å². The minimum absolute atomic E-state index is 0.0781. The molecule has 1 saturated carbocycles. The van der Waals surface area contributed by atoms with E-state index in [1.54, 1.807) is 12.0 Å². The Labute approximate surface area is 107 Å². The number of hydrogen-bond acceptors (Lipinski definition) is 4. The molecule has 1 heterocycles. The lowest BCUT2D eigenvalue weighted by atomic mass is 10.2. The van der Waals surface area contributed by atoms with Gasteiger partial charge in [0.25, 0.3) is 0 Å². The monoisotopic (exact) mass is 255 g/mol. The molecule has 0 bridgehead atoms. The van der Waals surface area contributed by atoms with Gasteiger partial charge in [0, 0.05) is 39.3 Å². The summed E-state index contributed by atoms with van der Waals surface area (Å²) in [6.45, 7) is 2.73. The number of methoxy groups -OCH3 is 1. The number of carbonyl (C=O) groups excluding carboxylic acids is 2. The predicted octanol–water partition coefficient (Wildman–Crippen LogP) is -0.898. The van der Waals surface area contributed by atoms with Crippen molar-refractivity contribution in [1.82, 2.24) is 15.5 Å². The standard InChI is InChI=1S/C12H21N3O3/c1-18-10-3-2-9(8-10)14-11(16)12(17)15-6-4-13-5-7-15/h9-10,13H,2-8H2,1H3,(H,14,16). The van der Waals surface area contributed by atoms with E-state index < -0.39 is 11.8 Å². The van der Waals surface area contributed by atoms with Crippen LogP contribution in [0.1, 0.15) is 19.3 Å². The molecule has 2 aliphatic rings. The zero-order valence-electron chi connectivity index (χ0n) is 10.8. The molecule has 0 aromatic rings. The van der Waals surface area contributed by atoms with Gasteiger partial charge in [0.05, 0.1) is 6.10 Å². The minimum Gasteiger partial charge on any atom is -0.381 e. The molecule has 1 aliphatic heterocycles. The molecular formula is C12H21N3O3. The van der Waals surface area contributed by atoms with E-state index in [4.69, 9.17) is 4.74 Å². The molecule has 6 nitrogen and oxygen atoms in total. The molecule has 6 heteroatoms. The van der Waals surface area contributed by atoms with E-state index in [9.17, 15) is 9.59 Å². The van der Waals surface area contributed by atoms with Crippen LogP contribution in [0.25, 0.3) is 0 Å². The molecule has 1 aliphatic carbocycles. The highest BCUT2D eigenvalue weighted by Gasteiger charge is 2.29. The van der Waals surface area contributed by atoms with E-state index in [1.807, 2.05) is 0 Å². The molecule has 2 unspecified atom stereocenters. The summed E-state index contributed by atoms with van der Waals surface area (Å²) in [7, 11) is 1.68. The van der Waals surface area contributed by atoms with Gasteiger partial charge in [-0.1, -0.05) is 0 Å². The Morgan fingerprint density at radius 3 is 2.61 bits per heavy atom. The third kappa shape index (κ3) is 3.20. The summed E-state index contributed by atoms with van der Waals surface area (Å²) < 4.78 is 5.24. The SMILES string of the molecule is COC1CCC(NC(=O)C(=O)N2CCNCC2)C1. The van der Waals surface area contributed by atoms with Crippen LogP contribution < -0.4 is 10.6 Å². The second kappa shape index (κ2) is 6.15. The molecule has 18 heavy (non-hydrogen) atoms. The van der Waals surface area contributed by atoms with E-state index in [1.165, 1.54) is 0 Å². The molecule has 102 valence electrons. The number of nitrogens with zero attached hydrogens (tertiary/aromatic N) is 1. The van der Waals surface area contributed by atoms with E-state index in [0.29, 0.717) is 13.1 Å². The highest BCUT2D eigenvalue weighted by Crippen LogP contribution is 2.21. The summed E-state index contributed by atoms with van der Waals surface area (Å²) in [6, 6.07) is 0.0781. The van der Waals surface area contributed by atoms with E-state index in [2.05, 4.69) is 10.6 Å². The molecule has 1 saturated heterocycles. The van der Waals surface area contributed by atoms with Gasteiger partial charge in [0.15, 0.2) is 0 Å². The Morgan fingerprint density at radius 2 is 2.00 bits per heavy atom. The second-order valence-corrected chi connectivity index (χ2v) is 4.88. The molecule has 2 rings (SSSR count). The first-order chi connectivity index (χ1) is 8.70. The average molecular weight is 255 g/mol. The first-order valence-corrected chi connectivity index (χ1v) is 6.54. The van der Waals surface area contributed by atoms with Crippen LogP contribution in [0.5, 0.6) is 0 Å². The van der Waals surface area contributed by atoms with Gasteiger partial charge in [-0.3, -0.25) is 9.59 Å². The quantitative estimate of drug-likeness (QED) is 0.628. The highest BCUT2D eigenvalue weighted by molar-refractivity contribution is 6.35. The summed E-state index contributed by atoms with van der Waals surface area (Å²) in [5, 5.41) is 5.96. The predicted molar refractivity (Wildman–Crippen MR) is 66.0 cm³/mol. The minimum atomic E-state index is -0.473. The number of carbonyl (C=O) groups is 2. The summed E-state index contributed by atoms with van der Waals surface area (Å²) in [6.07, 6.45) is 2.85. The van der Waals surface area contributed by atoms with Crippen molar-refractivity contribution >= 4 is 11.8 Å². The fourth-order valence-corrected chi connectivity index (χ4v) is 2.54. The van der Waals surface area contributed by atoms with Gasteiger partial charge < -0.3 is 20.3 Å². The van der Waals surface area contributed by atoms with Crippen LogP contribution in [0.4, 0.5) is 0 Å². The van der Waals surface area contributed by atoms with Crippen LogP contribution in [0, 0.1) is 0 Å². The van der Waals surface area contributed by atoms with Crippen molar-refractivity contribution in [2.24, 2.45) is 0 Å². The van der Waals surface area contributed by atoms with Gasteiger partial charge in [-0.15, -0.1) is 0 Å². The van der Waals surface area contributed by atoms with Crippen LogP contribution in [-0.4, -0.2) is 62.1 Å². The van der Waals surface area contributed by atoms with Gasteiger partial charge in [0.2, 0.25) is 0 Å². The first-order valence-electron chi connectivity index (χ1n) is 6.54. The molecule has 2 N–H and O–H groups in total. The van der Waals surface area contributed by atoms with Crippen molar-refractivity contribution in [2.75, 3.05) is 33.3 Å². The largest absolute Gasteiger partial charge is 0.381 e. The summed E-state index contributed by atoms with van der Waals surface area (Å²) in [5.74, 6) is -0.879. The maximum atomic E-state index is 11.9. The van der Waals surface area contributed by atoms with Gasteiger partial charge in [-0.25, -0.2) is 0 Å².